The molecule has 2 aromatic rings. The second kappa shape index (κ2) is 9.83. The topological polar surface area (TPSA) is 76.7 Å². The normalized spacial score (nSPS) is 10.2. The quantitative estimate of drug-likeness (QED) is 0.664. The minimum absolute atomic E-state index is 0.153. The predicted molar refractivity (Wildman–Crippen MR) is 106 cm³/mol. The van der Waals surface area contributed by atoms with E-state index in [0.717, 1.165) is 12.8 Å². The standard InChI is InChI=1S/C20H23ClN2O4/c1-4-5-10-22-19(24)13-6-8-14(9-7-13)20(25)23-16-12-17(26-2)15(21)11-18(16)27-3/h6-9,11-12H,4-5,10H2,1-3H3,(H,22,24)(H,23,25). The van der Waals surface area contributed by atoms with E-state index in [-0.39, 0.29) is 11.8 Å². The van der Waals surface area contributed by atoms with Gasteiger partial charge in [-0.2, -0.15) is 0 Å². The van der Waals surface area contributed by atoms with Crippen molar-refractivity contribution in [2.75, 3.05) is 26.1 Å². The van der Waals surface area contributed by atoms with E-state index in [0.29, 0.717) is 39.9 Å². The number of anilines is 1. The van der Waals surface area contributed by atoms with Gasteiger partial charge in [-0.25, -0.2) is 0 Å². The third kappa shape index (κ3) is 5.37. The highest BCUT2D eigenvalue weighted by Crippen LogP contribution is 2.36. The van der Waals surface area contributed by atoms with Gasteiger partial charge in [0, 0.05) is 29.8 Å². The fourth-order valence-corrected chi connectivity index (χ4v) is 2.64. The first-order valence-corrected chi connectivity index (χ1v) is 8.99. The first-order chi connectivity index (χ1) is 13.0. The summed E-state index contributed by atoms with van der Waals surface area (Å²) in [5, 5.41) is 5.99. The van der Waals surface area contributed by atoms with Crippen molar-refractivity contribution in [2.45, 2.75) is 19.8 Å². The fraction of sp³-hybridized carbons (Fsp3) is 0.300. The third-order valence-electron chi connectivity index (χ3n) is 3.95. The molecule has 2 aromatic carbocycles. The van der Waals surface area contributed by atoms with Gasteiger partial charge in [0.05, 0.1) is 24.9 Å². The van der Waals surface area contributed by atoms with E-state index in [4.69, 9.17) is 21.1 Å². The van der Waals surface area contributed by atoms with E-state index in [9.17, 15) is 9.59 Å². The summed E-state index contributed by atoms with van der Waals surface area (Å²) in [5.41, 5.74) is 1.36. The molecule has 0 saturated carbocycles. The van der Waals surface area contributed by atoms with Crippen molar-refractivity contribution in [1.29, 1.82) is 0 Å². The van der Waals surface area contributed by atoms with Gasteiger partial charge in [-0.3, -0.25) is 9.59 Å². The average Bonchev–Trinajstić information content (AvgIpc) is 2.69. The summed E-state index contributed by atoms with van der Waals surface area (Å²) in [5.74, 6) is 0.350. The highest BCUT2D eigenvalue weighted by Gasteiger charge is 2.14. The largest absolute Gasteiger partial charge is 0.495 e. The number of amides is 2. The molecule has 0 bridgehead atoms. The summed E-state index contributed by atoms with van der Waals surface area (Å²) in [7, 11) is 2.98. The Balaban J connectivity index is 2.11. The number of hydrogen-bond acceptors (Lipinski definition) is 4. The van der Waals surface area contributed by atoms with Gasteiger partial charge in [-0.1, -0.05) is 24.9 Å². The number of carbonyl (C=O) groups excluding carboxylic acids is 2. The number of halogens is 1. The zero-order valence-corrected chi connectivity index (χ0v) is 16.4. The van der Waals surface area contributed by atoms with E-state index in [2.05, 4.69) is 17.6 Å². The van der Waals surface area contributed by atoms with Gasteiger partial charge in [0.1, 0.15) is 11.5 Å². The van der Waals surface area contributed by atoms with Crippen LogP contribution in [-0.2, 0) is 0 Å². The summed E-state index contributed by atoms with van der Waals surface area (Å²) in [6.07, 6.45) is 1.94. The van der Waals surface area contributed by atoms with Crippen LogP contribution in [-0.4, -0.2) is 32.6 Å². The van der Waals surface area contributed by atoms with E-state index in [1.54, 1.807) is 36.4 Å². The lowest BCUT2D eigenvalue weighted by atomic mass is 10.1. The molecular formula is C20H23ClN2O4. The van der Waals surface area contributed by atoms with Crippen molar-refractivity contribution in [3.8, 4) is 11.5 Å². The molecule has 0 aliphatic heterocycles. The van der Waals surface area contributed by atoms with Gasteiger partial charge >= 0.3 is 0 Å². The Kier molecular flexibility index (Phi) is 7.49. The SMILES string of the molecule is CCCCNC(=O)c1ccc(C(=O)Nc2cc(OC)c(Cl)cc2OC)cc1. The fourth-order valence-electron chi connectivity index (χ4n) is 2.41. The van der Waals surface area contributed by atoms with E-state index in [1.807, 2.05) is 0 Å². The van der Waals surface area contributed by atoms with E-state index in [1.165, 1.54) is 14.2 Å². The number of methoxy groups -OCH3 is 2. The van der Waals surface area contributed by atoms with Crippen LogP contribution in [0.2, 0.25) is 5.02 Å². The molecule has 0 aliphatic carbocycles. The molecule has 0 aliphatic rings. The zero-order chi connectivity index (χ0) is 19.8. The summed E-state index contributed by atoms with van der Waals surface area (Å²) in [6.45, 7) is 2.70. The Morgan fingerprint density at radius 3 is 2.11 bits per heavy atom. The number of ether oxygens (including phenoxy) is 2. The molecular weight excluding hydrogens is 368 g/mol. The Bertz CT molecular complexity index is 806. The molecule has 0 fully saturated rings. The average molecular weight is 391 g/mol. The lowest BCUT2D eigenvalue weighted by Crippen LogP contribution is -2.24. The van der Waals surface area contributed by atoms with Gasteiger partial charge in [-0.15, -0.1) is 0 Å². The molecule has 0 heterocycles. The van der Waals surface area contributed by atoms with Crippen LogP contribution in [0, 0.1) is 0 Å². The number of carbonyl (C=O) groups is 2. The molecule has 0 radical (unpaired) electrons. The van der Waals surface area contributed by atoms with Crippen molar-refractivity contribution >= 4 is 29.1 Å². The van der Waals surface area contributed by atoms with Crippen LogP contribution in [0.1, 0.15) is 40.5 Å². The van der Waals surface area contributed by atoms with Crippen LogP contribution in [0.4, 0.5) is 5.69 Å². The van der Waals surface area contributed by atoms with Crippen molar-refractivity contribution in [2.24, 2.45) is 0 Å². The molecule has 2 N–H and O–H groups in total. The lowest BCUT2D eigenvalue weighted by Gasteiger charge is -2.13. The van der Waals surface area contributed by atoms with Crippen LogP contribution in [0.25, 0.3) is 0 Å². The van der Waals surface area contributed by atoms with Crippen LogP contribution >= 0.6 is 11.6 Å². The zero-order valence-electron chi connectivity index (χ0n) is 15.6. The van der Waals surface area contributed by atoms with Crippen molar-refractivity contribution in [1.82, 2.24) is 5.32 Å². The number of rotatable bonds is 8. The number of benzene rings is 2. The monoisotopic (exact) mass is 390 g/mol. The van der Waals surface area contributed by atoms with E-state index >= 15 is 0 Å². The van der Waals surface area contributed by atoms with Crippen LogP contribution < -0.4 is 20.1 Å². The maximum atomic E-state index is 12.5. The maximum absolute atomic E-state index is 12.5. The molecule has 0 atom stereocenters. The molecule has 144 valence electrons. The van der Waals surface area contributed by atoms with Crippen molar-refractivity contribution in [3.63, 3.8) is 0 Å². The molecule has 2 rings (SSSR count). The molecule has 0 spiro atoms. The van der Waals surface area contributed by atoms with Gasteiger partial charge in [0.25, 0.3) is 11.8 Å². The summed E-state index contributed by atoms with van der Waals surface area (Å²) in [4.78, 5) is 24.5. The lowest BCUT2D eigenvalue weighted by molar-refractivity contribution is 0.0951. The molecule has 0 aromatic heterocycles. The summed E-state index contributed by atoms with van der Waals surface area (Å²) in [6, 6.07) is 9.60. The van der Waals surface area contributed by atoms with Crippen molar-refractivity contribution in [3.05, 3.63) is 52.5 Å². The minimum Gasteiger partial charge on any atom is -0.495 e. The van der Waals surface area contributed by atoms with Gasteiger partial charge < -0.3 is 20.1 Å². The first-order valence-electron chi connectivity index (χ1n) is 8.61. The minimum atomic E-state index is -0.337. The van der Waals surface area contributed by atoms with Crippen molar-refractivity contribution < 1.29 is 19.1 Å². The second-order valence-electron chi connectivity index (χ2n) is 5.83. The number of hydrogen-bond donors (Lipinski definition) is 2. The highest BCUT2D eigenvalue weighted by molar-refractivity contribution is 6.32. The highest BCUT2D eigenvalue weighted by atomic mass is 35.5. The molecule has 2 amide bonds. The summed E-state index contributed by atoms with van der Waals surface area (Å²) < 4.78 is 10.4. The molecule has 0 unspecified atom stereocenters. The smallest absolute Gasteiger partial charge is 0.255 e. The summed E-state index contributed by atoms with van der Waals surface area (Å²) >= 11 is 6.07. The van der Waals surface area contributed by atoms with Gasteiger partial charge in [-0.05, 0) is 30.7 Å². The third-order valence-corrected chi connectivity index (χ3v) is 4.24. The Hall–Kier alpha value is -2.73. The van der Waals surface area contributed by atoms with E-state index < -0.39 is 0 Å². The van der Waals surface area contributed by atoms with Gasteiger partial charge in [0.15, 0.2) is 0 Å². The van der Waals surface area contributed by atoms with Crippen LogP contribution in [0.3, 0.4) is 0 Å². The predicted octanol–water partition coefficient (Wildman–Crippen LogP) is 4.14. The number of nitrogens with one attached hydrogen (secondary N) is 2. The Morgan fingerprint density at radius 2 is 1.56 bits per heavy atom. The second-order valence-corrected chi connectivity index (χ2v) is 6.24. The molecule has 27 heavy (non-hydrogen) atoms. The van der Waals surface area contributed by atoms with Crippen LogP contribution in [0.5, 0.6) is 11.5 Å². The Morgan fingerprint density at radius 1 is 0.963 bits per heavy atom. The molecule has 7 heteroatoms. The maximum Gasteiger partial charge on any atom is 0.255 e. The first kappa shape index (κ1) is 20.6. The van der Waals surface area contributed by atoms with Gasteiger partial charge in [0.2, 0.25) is 0 Å². The van der Waals surface area contributed by atoms with Crippen LogP contribution in [0.15, 0.2) is 36.4 Å². The number of unbranched alkanes of at least 4 members (excludes halogenated alkanes) is 1. The molecule has 0 saturated heterocycles. The molecule has 6 nitrogen and oxygen atoms in total. The Labute approximate surface area is 163 Å².